The SMILES string of the molecule is CNC(C#N)c1c(OC)cc(OC)cc1OC. The van der Waals surface area contributed by atoms with Gasteiger partial charge in [0.05, 0.1) is 33.0 Å². The second kappa shape index (κ2) is 5.97. The summed E-state index contributed by atoms with van der Waals surface area (Å²) in [5.74, 6) is 1.74. The monoisotopic (exact) mass is 236 g/mol. The number of nitrogens with one attached hydrogen (secondary N) is 1. The minimum absolute atomic E-state index is 0.495. The summed E-state index contributed by atoms with van der Waals surface area (Å²) in [6, 6.07) is 5.09. The molecule has 1 N–H and O–H groups in total. The number of benzene rings is 1. The molecule has 17 heavy (non-hydrogen) atoms. The Morgan fingerprint density at radius 2 is 1.65 bits per heavy atom. The first-order chi connectivity index (χ1) is 8.21. The Morgan fingerprint density at radius 1 is 1.12 bits per heavy atom. The van der Waals surface area contributed by atoms with Gasteiger partial charge in [-0.25, -0.2) is 0 Å². The Balaban J connectivity index is 3.39. The van der Waals surface area contributed by atoms with Crippen molar-refractivity contribution in [1.29, 1.82) is 5.26 Å². The van der Waals surface area contributed by atoms with Gasteiger partial charge in [-0.2, -0.15) is 5.26 Å². The zero-order valence-electron chi connectivity index (χ0n) is 10.4. The van der Waals surface area contributed by atoms with Crippen molar-refractivity contribution in [1.82, 2.24) is 5.32 Å². The molecule has 1 aromatic carbocycles. The largest absolute Gasteiger partial charge is 0.496 e. The highest BCUT2D eigenvalue weighted by molar-refractivity contribution is 5.53. The highest BCUT2D eigenvalue weighted by Gasteiger charge is 2.20. The topological polar surface area (TPSA) is 63.5 Å². The van der Waals surface area contributed by atoms with E-state index in [2.05, 4.69) is 11.4 Å². The second-order valence-electron chi connectivity index (χ2n) is 3.30. The van der Waals surface area contributed by atoms with Crippen LogP contribution >= 0.6 is 0 Å². The van der Waals surface area contributed by atoms with Crippen LogP contribution < -0.4 is 19.5 Å². The van der Waals surface area contributed by atoms with E-state index in [1.807, 2.05) is 0 Å². The van der Waals surface area contributed by atoms with Crippen molar-refractivity contribution in [2.75, 3.05) is 28.4 Å². The van der Waals surface area contributed by atoms with E-state index in [4.69, 9.17) is 19.5 Å². The van der Waals surface area contributed by atoms with Crippen LogP contribution in [0.15, 0.2) is 12.1 Å². The Morgan fingerprint density at radius 3 is 1.94 bits per heavy atom. The van der Waals surface area contributed by atoms with Crippen molar-refractivity contribution in [3.8, 4) is 23.3 Å². The van der Waals surface area contributed by atoms with Gasteiger partial charge in [0, 0.05) is 12.1 Å². The number of nitrogens with zero attached hydrogens (tertiary/aromatic N) is 1. The molecule has 0 bridgehead atoms. The van der Waals surface area contributed by atoms with Gasteiger partial charge >= 0.3 is 0 Å². The van der Waals surface area contributed by atoms with Gasteiger partial charge in [0.1, 0.15) is 23.3 Å². The van der Waals surface area contributed by atoms with Gasteiger partial charge in [-0.1, -0.05) is 0 Å². The molecule has 1 atom stereocenters. The lowest BCUT2D eigenvalue weighted by molar-refractivity contribution is 0.365. The Hall–Kier alpha value is -1.93. The minimum Gasteiger partial charge on any atom is -0.496 e. The van der Waals surface area contributed by atoms with E-state index < -0.39 is 6.04 Å². The molecule has 0 saturated heterocycles. The van der Waals surface area contributed by atoms with E-state index in [1.165, 1.54) is 0 Å². The van der Waals surface area contributed by atoms with E-state index in [1.54, 1.807) is 40.5 Å². The molecule has 0 aromatic heterocycles. The summed E-state index contributed by atoms with van der Waals surface area (Å²) in [4.78, 5) is 0. The number of nitriles is 1. The maximum atomic E-state index is 9.09. The molecule has 0 aliphatic carbocycles. The van der Waals surface area contributed by atoms with Crippen LogP contribution in [0.4, 0.5) is 0 Å². The molecule has 0 fully saturated rings. The predicted octanol–water partition coefficient (Wildman–Crippen LogP) is 1.50. The molecule has 0 heterocycles. The zero-order chi connectivity index (χ0) is 12.8. The van der Waals surface area contributed by atoms with Gasteiger partial charge in [-0.05, 0) is 7.05 Å². The van der Waals surface area contributed by atoms with E-state index in [9.17, 15) is 0 Å². The summed E-state index contributed by atoms with van der Waals surface area (Å²) in [6.07, 6.45) is 0. The van der Waals surface area contributed by atoms with Crippen molar-refractivity contribution in [3.63, 3.8) is 0 Å². The maximum Gasteiger partial charge on any atom is 0.132 e. The Bertz CT molecular complexity index is 401. The fraction of sp³-hybridized carbons (Fsp3) is 0.417. The molecule has 1 aromatic rings. The lowest BCUT2D eigenvalue weighted by atomic mass is 10.0. The molecular weight excluding hydrogens is 220 g/mol. The fourth-order valence-corrected chi connectivity index (χ4v) is 1.59. The van der Waals surface area contributed by atoms with Crippen molar-refractivity contribution in [2.45, 2.75) is 6.04 Å². The smallest absolute Gasteiger partial charge is 0.132 e. The molecule has 0 amide bonds. The minimum atomic E-state index is -0.495. The first kappa shape index (κ1) is 13.1. The van der Waals surface area contributed by atoms with Gasteiger partial charge in [-0.15, -0.1) is 0 Å². The summed E-state index contributed by atoms with van der Waals surface area (Å²) in [6.45, 7) is 0. The fourth-order valence-electron chi connectivity index (χ4n) is 1.59. The predicted molar refractivity (Wildman–Crippen MR) is 63.5 cm³/mol. The molecule has 0 radical (unpaired) electrons. The molecule has 0 aliphatic rings. The normalized spacial score (nSPS) is 11.5. The first-order valence-electron chi connectivity index (χ1n) is 5.08. The van der Waals surface area contributed by atoms with Crippen molar-refractivity contribution < 1.29 is 14.2 Å². The average Bonchev–Trinajstić information content (AvgIpc) is 2.39. The molecular formula is C12H16N2O3. The molecule has 0 aliphatic heterocycles. The van der Waals surface area contributed by atoms with Crippen molar-refractivity contribution in [3.05, 3.63) is 17.7 Å². The van der Waals surface area contributed by atoms with E-state index >= 15 is 0 Å². The van der Waals surface area contributed by atoms with Crippen molar-refractivity contribution >= 4 is 0 Å². The maximum absolute atomic E-state index is 9.09. The zero-order valence-corrected chi connectivity index (χ0v) is 10.4. The molecule has 0 spiro atoms. The van der Waals surface area contributed by atoms with Gasteiger partial charge in [0.15, 0.2) is 0 Å². The highest BCUT2D eigenvalue weighted by atomic mass is 16.5. The lowest BCUT2D eigenvalue weighted by Gasteiger charge is -2.17. The highest BCUT2D eigenvalue weighted by Crippen LogP contribution is 2.37. The first-order valence-corrected chi connectivity index (χ1v) is 5.08. The quantitative estimate of drug-likeness (QED) is 0.839. The van der Waals surface area contributed by atoms with Crippen LogP contribution in [0.1, 0.15) is 11.6 Å². The molecule has 5 nitrogen and oxygen atoms in total. The molecule has 1 unspecified atom stereocenters. The average molecular weight is 236 g/mol. The number of hydrogen-bond donors (Lipinski definition) is 1. The summed E-state index contributed by atoms with van der Waals surface area (Å²) >= 11 is 0. The van der Waals surface area contributed by atoms with E-state index in [0.717, 1.165) is 0 Å². The summed E-state index contributed by atoms with van der Waals surface area (Å²) in [5, 5.41) is 12.0. The third-order valence-electron chi connectivity index (χ3n) is 2.46. The van der Waals surface area contributed by atoms with E-state index in [0.29, 0.717) is 22.8 Å². The third kappa shape index (κ3) is 2.60. The van der Waals surface area contributed by atoms with Gasteiger partial charge < -0.3 is 19.5 Å². The van der Waals surface area contributed by atoms with Crippen LogP contribution in [-0.2, 0) is 0 Å². The van der Waals surface area contributed by atoms with Crippen molar-refractivity contribution in [2.24, 2.45) is 0 Å². The number of hydrogen-bond acceptors (Lipinski definition) is 5. The summed E-state index contributed by atoms with van der Waals surface area (Å²) in [5.41, 5.74) is 0.667. The molecule has 5 heteroatoms. The molecule has 0 saturated carbocycles. The Labute approximate surface area is 101 Å². The van der Waals surface area contributed by atoms with Crippen LogP contribution in [-0.4, -0.2) is 28.4 Å². The van der Waals surface area contributed by atoms with Crippen LogP contribution in [0.2, 0.25) is 0 Å². The van der Waals surface area contributed by atoms with E-state index in [-0.39, 0.29) is 0 Å². The van der Waals surface area contributed by atoms with Crippen LogP contribution in [0, 0.1) is 11.3 Å². The third-order valence-corrected chi connectivity index (χ3v) is 2.46. The summed E-state index contributed by atoms with van der Waals surface area (Å²) < 4.78 is 15.7. The molecule has 92 valence electrons. The van der Waals surface area contributed by atoms with Crippen LogP contribution in [0.5, 0.6) is 17.2 Å². The number of rotatable bonds is 5. The van der Waals surface area contributed by atoms with Crippen LogP contribution in [0.3, 0.4) is 0 Å². The van der Waals surface area contributed by atoms with Gasteiger partial charge in [0.25, 0.3) is 0 Å². The second-order valence-corrected chi connectivity index (χ2v) is 3.30. The Kier molecular flexibility index (Phi) is 4.61. The van der Waals surface area contributed by atoms with Gasteiger partial charge in [-0.3, -0.25) is 0 Å². The number of ether oxygens (including phenoxy) is 3. The van der Waals surface area contributed by atoms with Crippen LogP contribution in [0.25, 0.3) is 0 Å². The number of methoxy groups -OCH3 is 3. The van der Waals surface area contributed by atoms with Gasteiger partial charge in [0.2, 0.25) is 0 Å². The standard InChI is InChI=1S/C12H16N2O3/c1-14-9(7-13)12-10(16-3)5-8(15-2)6-11(12)17-4/h5-6,9,14H,1-4H3. The molecule has 1 rings (SSSR count). The summed E-state index contributed by atoms with van der Waals surface area (Å²) in [7, 11) is 6.36. The lowest BCUT2D eigenvalue weighted by Crippen LogP contribution is -2.16.